The fraction of sp³-hybridized carbons (Fsp3) is 0.281. The molecule has 44 heavy (non-hydrogen) atoms. The van der Waals surface area contributed by atoms with Gasteiger partial charge in [-0.3, -0.25) is 19.4 Å². The first-order valence-corrected chi connectivity index (χ1v) is 14.2. The number of phenolic OH excluding ortho intramolecular Hbond substituents is 1. The Morgan fingerprint density at radius 3 is 2.77 bits per heavy atom. The van der Waals surface area contributed by atoms with E-state index in [9.17, 15) is 19.5 Å². The monoisotopic (exact) mass is 597 g/mol. The summed E-state index contributed by atoms with van der Waals surface area (Å²) in [5.74, 6) is 0.719. The zero-order valence-corrected chi connectivity index (χ0v) is 24.2. The number of oxazole rings is 1. The first kappa shape index (κ1) is 28.7. The van der Waals surface area contributed by atoms with E-state index < -0.39 is 12.1 Å². The Bertz CT molecular complexity index is 1720. The Hall–Kier alpha value is -5.39. The molecule has 2 aromatic carbocycles. The second-order valence-corrected chi connectivity index (χ2v) is 10.7. The van der Waals surface area contributed by atoms with Crippen LogP contribution in [0.5, 0.6) is 23.0 Å². The lowest BCUT2D eigenvalue weighted by Gasteiger charge is -2.24. The number of methoxy groups -OCH3 is 1. The number of benzene rings is 2. The van der Waals surface area contributed by atoms with Crippen LogP contribution in [0, 0.1) is 6.92 Å². The van der Waals surface area contributed by atoms with Gasteiger partial charge in [-0.2, -0.15) is 0 Å². The molecule has 3 amide bonds. The standard InChI is InChI=1S/C32H31N5O7/c1-18-23-16-34-31(41)24-15-21(35-30(40)22-5-3-4-12-33-22)17-37(24)29(39)11-7-19-6-9-25(38)27(13-19)44-28-14-20(32(36-23)43-18)8-10-26(28)42-2/h3-6,8-10,12-14,21,24,38H,7,11,15-17H2,1-2H3,(H,34,41)(H,35,40)/t21-,24-/m0/s1. The predicted octanol–water partition coefficient (Wildman–Crippen LogP) is 3.51. The van der Waals surface area contributed by atoms with Gasteiger partial charge in [0.1, 0.15) is 23.2 Å². The molecular formula is C32H31N5O7. The number of nitrogens with zero attached hydrogens (tertiary/aromatic N) is 3. The number of ether oxygens (including phenoxy) is 2. The number of phenols is 1. The van der Waals surface area contributed by atoms with Gasteiger partial charge in [0.25, 0.3) is 5.91 Å². The number of carbonyl (C=O) groups excluding carboxylic acids is 3. The minimum atomic E-state index is -0.801. The lowest BCUT2D eigenvalue weighted by molar-refractivity contribution is -0.138. The minimum absolute atomic E-state index is 0.0790. The predicted molar refractivity (Wildman–Crippen MR) is 157 cm³/mol. The van der Waals surface area contributed by atoms with Gasteiger partial charge in [0, 0.05) is 30.8 Å². The van der Waals surface area contributed by atoms with E-state index in [1.165, 1.54) is 24.3 Å². The molecule has 0 radical (unpaired) electrons. The minimum Gasteiger partial charge on any atom is -0.504 e. The van der Waals surface area contributed by atoms with Crippen LogP contribution < -0.4 is 20.1 Å². The fourth-order valence-corrected chi connectivity index (χ4v) is 5.42. The summed E-state index contributed by atoms with van der Waals surface area (Å²) in [6.45, 7) is 2.00. The Kier molecular flexibility index (Phi) is 7.88. The zero-order valence-electron chi connectivity index (χ0n) is 24.2. The highest BCUT2D eigenvalue weighted by Crippen LogP contribution is 2.39. The van der Waals surface area contributed by atoms with Crippen molar-refractivity contribution in [2.75, 3.05) is 13.7 Å². The van der Waals surface area contributed by atoms with Crippen molar-refractivity contribution < 1.29 is 33.4 Å². The number of aryl methyl sites for hydroxylation is 2. The van der Waals surface area contributed by atoms with E-state index in [0.29, 0.717) is 40.8 Å². The summed E-state index contributed by atoms with van der Waals surface area (Å²) in [5, 5.41) is 16.4. The molecule has 2 aliphatic heterocycles. The lowest BCUT2D eigenvalue weighted by atomic mass is 10.1. The Balaban J connectivity index is 1.32. The maximum Gasteiger partial charge on any atom is 0.270 e. The van der Waals surface area contributed by atoms with Gasteiger partial charge in [-0.15, -0.1) is 0 Å². The normalized spacial score (nSPS) is 18.4. The molecule has 0 aliphatic carbocycles. The summed E-state index contributed by atoms with van der Waals surface area (Å²) in [7, 11) is 1.51. The summed E-state index contributed by atoms with van der Waals surface area (Å²) in [4.78, 5) is 50.1. The molecule has 6 rings (SSSR count). The number of rotatable bonds is 3. The molecule has 1 saturated heterocycles. The summed E-state index contributed by atoms with van der Waals surface area (Å²) in [6.07, 6.45) is 2.20. The Labute approximate surface area is 253 Å². The van der Waals surface area contributed by atoms with Crippen molar-refractivity contribution >= 4 is 17.7 Å². The summed E-state index contributed by atoms with van der Waals surface area (Å²) >= 11 is 0. The molecule has 1 fully saturated rings. The van der Waals surface area contributed by atoms with E-state index >= 15 is 0 Å². The summed E-state index contributed by atoms with van der Waals surface area (Å²) in [5.41, 5.74) is 2.13. The van der Waals surface area contributed by atoms with Crippen molar-refractivity contribution in [3.8, 4) is 34.5 Å². The number of carbonyl (C=O) groups is 3. The number of hydrogen-bond acceptors (Lipinski definition) is 9. The van der Waals surface area contributed by atoms with Gasteiger partial charge in [0.05, 0.1) is 13.7 Å². The zero-order chi connectivity index (χ0) is 30.8. The molecule has 4 aromatic rings. The SMILES string of the molecule is COc1ccc2cc1Oc1cc(ccc1O)CCC(=O)N1C[C@@H](NC(=O)c3ccccn3)C[C@H]1C(=O)NCc1nc-2oc1C. The number of aromatic nitrogens is 2. The summed E-state index contributed by atoms with van der Waals surface area (Å²) < 4.78 is 17.5. The van der Waals surface area contributed by atoms with Crippen LogP contribution in [0.25, 0.3) is 11.5 Å². The van der Waals surface area contributed by atoms with Crippen molar-refractivity contribution in [1.82, 2.24) is 25.5 Å². The molecule has 12 heteroatoms. The molecule has 0 spiro atoms. The second kappa shape index (κ2) is 12.1. The molecule has 2 aromatic heterocycles. The molecular weight excluding hydrogens is 566 g/mol. The van der Waals surface area contributed by atoms with Crippen molar-refractivity contribution in [3.63, 3.8) is 0 Å². The number of nitrogens with one attached hydrogen (secondary N) is 2. The average Bonchev–Trinajstić information content (AvgIpc) is 3.63. The van der Waals surface area contributed by atoms with E-state index in [0.717, 1.165) is 5.56 Å². The van der Waals surface area contributed by atoms with Gasteiger partial charge >= 0.3 is 0 Å². The van der Waals surface area contributed by atoms with Crippen LogP contribution in [0.4, 0.5) is 0 Å². The van der Waals surface area contributed by atoms with E-state index in [4.69, 9.17) is 13.9 Å². The van der Waals surface area contributed by atoms with Gasteiger partial charge in [0.15, 0.2) is 23.0 Å². The van der Waals surface area contributed by atoms with E-state index in [1.807, 2.05) is 0 Å². The smallest absolute Gasteiger partial charge is 0.270 e. The number of aromatic hydroxyl groups is 1. The maximum atomic E-state index is 13.6. The highest BCUT2D eigenvalue weighted by atomic mass is 16.5. The van der Waals surface area contributed by atoms with Crippen LogP contribution in [0.3, 0.4) is 0 Å². The number of fused-ring (bicyclic) bond motifs is 8. The first-order chi connectivity index (χ1) is 21.3. The molecule has 2 aliphatic rings. The van der Waals surface area contributed by atoms with Crippen molar-refractivity contribution in [3.05, 3.63) is 83.5 Å². The molecule has 12 nitrogen and oxygen atoms in total. The Morgan fingerprint density at radius 1 is 1.11 bits per heavy atom. The second-order valence-electron chi connectivity index (χ2n) is 10.7. The van der Waals surface area contributed by atoms with Crippen molar-refractivity contribution in [2.45, 2.75) is 44.8 Å². The van der Waals surface area contributed by atoms with Gasteiger partial charge < -0.3 is 34.5 Å². The highest BCUT2D eigenvalue weighted by molar-refractivity contribution is 5.93. The van der Waals surface area contributed by atoms with Crippen LogP contribution in [-0.2, 0) is 22.6 Å². The number of amides is 3. The summed E-state index contributed by atoms with van der Waals surface area (Å²) in [6, 6.07) is 13.8. The topological polar surface area (TPSA) is 156 Å². The maximum absolute atomic E-state index is 13.6. The Morgan fingerprint density at radius 2 is 1.98 bits per heavy atom. The third-order valence-electron chi connectivity index (χ3n) is 7.76. The van der Waals surface area contributed by atoms with Gasteiger partial charge in [-0.1, -0.05) is 12.1 Å². The van der Waals surface area contributed by atoms with Crippen LogP contribution >= 0.6 is 0 Å². The van der Waals surface area contributed by atoms with Gasteiger partial charge in [-0.25, -0.2) is 4.98 Å². The number of hydrogen-bond donors (Lipinski definition) is 3. The van der Waals surface area contributed by atoms with Gasteiger partial charge in [-0.05, 0) is 67.8 Å². The molecule has 226 valence electrons. The quantitative estimate of drug-likeness (QED) is 0.322. The van der Waals surface area contributed by atoms with Crippen LogP contribution in [0.2, 0.25) is 0 Å². The third kappa shape index (κ3) is 5.91. The van der Waals surface area contributed by atoms with E-state index in [1.54, 1.807) is 55.5 Å². The van der Waals surface area contributed by atoms with Crippen molar-refractivity contribution in [1.29, 1.82) is 0 Å². The lowest BCUT2D eigenvalue weighted by Crippen LogP contribution is -2.46. The largest absolute Gasteiger partial charge is 0.504 e. The average molecular weight is 598 g/mol. The van der Waals surface area contributed by atoms with E-state index in [-0.39, 0.29) is 60.8 Å². The van der Waals surface area contributed by atoms with Gasteiger partial charge in [0.2, 0.25) is 17.7 Å². The van der Waals surface area contributed by atoms with Crippen LogP contribution in [0.1, 0.15) is 40.3 Å². The molecule has 6 bridgehead atoms. The molecule has 0 saturated carbocycles. The molecule has 4 heterocycles. The molecule has 2 atom stereocenters. The van der Waals surface area contributed by atoms with E-state index in [2.05, 4.69) is 20.6 Å². The first-order valence-electron chi connectivity index (χ1n) is 14.2. The fourth-order valence-electron chi connectivity index (χ4n) is 5.42. The van der Waals surface area contributed by atoms with Crippen LogP contribution in [-0.4, -0.2) is 63.4 Å². The number of pyridine rings is 1. The molecule has 0 unspecified atom stereocenters. The highest BCUT2D eigenvalue weighted by Gasteiger charge is 2.40. The van der Waals surface area contributed by atoms with Crippen LogP contribution in [0.15, 0.2) is 65.2 Å². The molecule has 3 N–H and O–H groups in total. The van der Waals surface area contributed by atoms with Crippen molar-refractivity contribution in [2.24, 2.45) is 0 Å². The third-order valence-corrected chi connectivity index (χ3v) is 7.76.